The van der Waals surface area contributed by atoms with Crippen LogP contribution in [0.25, 0.3) is 0 Å². The van der Waals surface area contributed by atoms with E-state index in [1.807, 2.05) is 13.1 Å². The Morgan fingerprint density at radius 1 is 1.41 bits per heavy atom. The van der Waals surface area contributed by atoms with Gasteiger partial charge in [-0.3, -0.25) is 4.90 Å². The Morgan fingerprint density at radius 3 is 2.65 bits per heavy atom. The third kappa shape index (κ3) is 4.66. The molecule has 3 nitrogen and oxygen atoms in total. The van der Waals surface area contributed by atoms with Crippen molar-refractivity contribution in [3.63, 3.8) is 0 Å². The first-order valence-corrected chi connectivity index (χ1v) is 6.34. The molecule has 1 aromatic carbocycles. The lowest BCUT2D eigenvalue weighted by Gasteiger charge is -2.29. The molecule has 0 atom stereocenters. The van der Waals surface area contributed by atoms with Crippen LogP contribution in [0.3, 0.4) is 0 Å². The van der Waals surface area contributed by atoms with Crippen LogP contribution in [0.5, 0.6) is 5.75 Å². The monoisotopic (exact) mass is 301 g/mol. The van der Waals surface area contributed by atoms with Crippen LogP contribution in [0, 0.1) is 0 Å². The second-order valence-electron chi connectivity index (χ2n) is 4.91. The Morgan fingerprint density at radius 2 is 2.06 bits per heavy atom. The Balaban J connectivity index is 2.68. The maximum absolute atomic E-state index is 9.47. The number of methoxy groups -OCH3 is 1. The number of aromatic hydroxyl groups is 1. The Bertz CT molecular complexity index is 380. The van der Waals surface area contributed by atoms with Gasteiger partial charge in [-0.05, 0) is 44.7 Å². The smallest absolute Gasteiger partial charge is 0.115 e. The minimum absolute atomic E-state index is 0.169. The van der Waals surface area contributed by atoms with Gasteiger partial charge in [0.1, 0.15) is 5.75 Å². The van der Waals surface area contributed by atoms with Crippen LogP contribution < -0.4 is 0 Å². The number of nitrogens with zero attached hydrogens (tertiary/aromatic N) is 1. The van der Waals surface area contributed by atoms with Crippen molar-refractivity contribution in [2.75, 3.05) is 20.7 Å². The van der Waals surface area contributed by atoms with Crippen molar-refractivity contribution >= 4 is 15.9 Å². The van der Waals surface area contributed by atoms with Gasteiger partial charge in [-0.15, -0.1) is 0 Å². The fourth-order valence-corrected chi connectivity index (χ4v) is 2.12. The lowest BCUT2D eigenvalue weighted by molar-refractivity contribution is -0.00351. The van der Waals surface area contributed by atoms with Gasteiger partial charge in [0.2, 0.25) is 0 Å². The number of halogens is 1. The standard InChI is InChI=1S/C13H20BrNO2/c1-13(2,17-4)9-15(3)8-10-7-11(16)5-6-12(10)14/h5-7,16H,8-9H2,1-4H3. The molecule has 0 heterocycles. The van der Waals surface area contributed by atoms with Gasteiger partial charge in [0.15, 0.2) is 0 Å². The van der Waals surface area contributed by atoms with E-state index in [4.69, 9.17) is 4.74 Å². The maximum atomic E-state index is 9.47. The molecule has 0 fully saturated rings. The zero-order valence-corrected chi connectivity index (χ0v) is 12.4. The summed E-state index contributed by atoms with van der Waals surface area (Å²) in [5.41, 5.74) is 0.900. The van der Waals surface area contributed by atoms with Crippen molar-refractivity contribution in [1.82, 2.24) is 4.90 Å². The van der Waals surface area contributed by atoms with E-state index < -0.39 is 0 Å². The van der Waals surface area contributed by atoms with Crippen molar-refractivity contribution in [3.05, 3.63) is 28.2 Å². The molecule has 0 spiro atoms. The van der Waals surface area contributed by atoms with Crippen LogP contribution in [0.15, 0.2) is 22.7 Å². The Hall–Kier alpha value is -0.580. The average Bonchev–Trinajstić information content (AvgIpc) is 2.23. The van der Waals surface area contributed by atoms with Crippen LogP contribution in [0.1, 0.15) is 19.4 Å². The minimum Gasteiger partial charge on any atom is -0.508 e. The molecule has 0 bridgehead atoms. The fraction of sp³-hybridized carbons (Fsp3) is 0.538. The van der Waals surface area contributed by atoms with Gasteiger partial charge in [-0.2, -0.15) is 0 Å². The zero-order chi connectivity index (χ0) is 13.1. The van der Waals surface area contributed by atoms with Crippen molar-refractivity contribution in [2.24, 2.45) is 0 Å². The number of phenols is 1. The highest BCUT2D eigenvalue weighted by Gasteiger charge is 2.19. The van der Waals surface area contributed by atoms with Gasteiger partial charge in [-0.25, -0.2) is 0 Å². The predicted octanol–water partition coefficient (Wildman–Crippen LogP) is 3.01. The van der Waals surface area contributed by atoms with Crippen molar-refractivity contribution in [2.45, 2.75) is 26.0 Å². The summed E-state index contributed by atoms with van der Waals surface area (Å²) in [5, 5.41) is 9.47. The van der Waals surface area contributed by atoms with E-state index in [9.17, 15) is 5.11 Å². The summed E-state index contributed by atoms with van der Waals surface area (Å²) in [5.74, 6) is 0.294. The number of phenolic OH excluding ortho intramolecular Hbond substituents is 1. The molecule has 1 aromatic rings. The van der Waals surface area contributed by atoms with E-state index in [-0.39, 0.29) is 5.60 Å². The van der Waals surface area contributed by atoms with Crippen molar-refractivity contribution in [1.29, 1.82) is 0 Å². The summed E-state index contributed by atoms with van der Waals surface area (Å²) >= 11 is 3.49. The van der Waals surface area contributed by atoms with E-state index >= 15 is 0 Å². The largest absolute Gasteiger partial charge is 0.508 e. The summed E-state index contributed by atoms with van der Waals surface area (Å²) in [6.45, 7) is 5.70. The van der Waals surface area contributed by atoms with Gasteiger partial charge in [0.05, 0.1) is 5.60 Å². The summed E-state index contributed by atoms with van der Waals surface area (Å²) in [4.78, 5) is 2.17. The molecule has 0 aliphatic rings. The highest BCUT2D eigenvalue weighted by atomic mass is 79.9. The van der Waals surface area contributed by atoms with E-state index in [1.165, 1.54) is 0 Å². The number of rotatable bonds is 5. The lowest BCUT2D eigenvalue weighted by Crippen LogP contribution is -2.37. The fourth-order valence-electron chi connectivity index (χ4n) is 1.74. The van der Waals surface area contributed by atoms with Crippen LogP contribution >= 0.6 is 15.9 Å². The van der Waals surface area contributed by atoms with E-state index in [1.54, 1.807) is 19.2 Å². The summed E-state index contributed by atoms with van der Waals surface area (Å²) in [6, 6.07) is 5.31. The van der Waals surface area contributed by atoms with Crippen LogP contribution in [0.2, 0.25) is 0 Å². The Kier molecular flexibility index (Phi) is 4.98. The highest BCUT2D eigenvalue weighted by Crippen LogP contribution is 2.23. The van der Waals surface area contributed by atoms with Crippen molar-refractivity contribution in [3.8, 4) is 5.75 Å². The van der Waals surface area contributed by atoms with Crippen LogP contribution in [-0.2, 0) is 11.3 Å². The predicted molar refractivity (Wildman–Crippen MR) is 73.2 cm³/mol. The molecule has 0 aromatic heterocycles. The van der Waals surface area contributed by atoms with E-state index in [2.05, 4.69) is 34.7 Å². The first kappa shape index (κ1) is 14.5. The van der Waals surface area contributed by atoms with E-state index in [0.29, 0.717) is 5.75 Å². The van der Waals surface area contributed by atoms with Crippen LogP contribution in [-0.4, -0.2) is 36.3 Å². The molecule has 0 saturated heterocycles. The molecule has 0 aliphatic heterocycles. The molecule has 17 heavy (non-hydrogen) atoms. The van der Waals surface area contributed by atoms with Gasteiger partial charge >= 0.3 is 0 Å². The van der Waals surface area contributed by atoms with Crippen LogP contribution in [0.4, 0.5) is 0 Å². The van der Waals surface area contributed by atoms with Gasteiger partial charge < -0.3 is 9.84 Å². The van der Waals surface area contributed by atoms with Gasteiger partial charge in [-0.1, -0.05) is 15.9 Å². The highest BCUT2D eigenvalue weighted by molar-refractivity contribution is 9.10. The maximum Gasteiger partial charge on any atom is 0.115 e. The average molecular weight is 302 g/mol. The summed E-state index contributed by atoms with van der Waals surface area (Å²) in [6.07, 6.45) is 0. The van der Waals surface area contributed by atoms with Gasteiger partial charge in [0.25, 0.3) is 0 Å². The van der Waals surface area contributed by atoms with Gasteiger partial charge in [0, 0.05) is 24.7 Å². The number of hydrogen-bond donors (Lipinski definition) is 1. The molecule has 4 heteroatoms. The summed E-state index contributed by atoms with van der Waals surface area (Å²) in [7, 11) is 3.76. The molecular formula is C13H20BrNO2. The number of ether oxygens (including phenoxy) is 1. The molecule has 1 rings (SSSR count). The minimum atomic E-state index is -0.169. The second kappa shape index (κ2) is 5.85. The Labute approximate surface area is 112 Å². The third-order valence-electron chi connectivity index (χ3n) is 2.67. The first-order valence-electron chi connectivity index (χ1n) is 5.55. The topological polar surface area (TPSA) is 32.7 Å². The van der Waals surface area contributed by atoms with E-state index in [0.717, 1.165) is 23.1 Å². The first-order chi connectivity index (χ1) is 7.84. The second-order valence-corrected chi connectivity index (χ2v) is 5.77. The molecule has 96 valence electrons. The molecule has 0 radical (unpaired) electrons. The number of benzene rings is 1. The number of hydrogen-bond acceptors (Lipinski definition) is 3. The normalized spacial score (nSPS) is 12.1. The molecule has 0 aliphatic carbocycles. The summed E-state index contributed by atoms with van der Waals surface area (Å²) < 4.78 is 6.41. The zero-order valence-electron chi connectivity index (χ0n) is 10.8. The quantitative estimate of drug-likeness (QED) is 0.907. The molecule has 0 unspecified atom stereocenters. The molecule has 1 N–H and O–H groups in total. The SMILES string of the molecule is COC(C)(C)CN(C)Cc1cc(O)ccc1Br. The molecule has 0 amide bonds. The lowest BCUT2D eigenvalue weighted by atomic mass is 10.1. The van der Waals surface area contributed by atoms with Crippen molar-refractivity contribution < 1.29 is 9.84 Å². The number of likely N-dealkylation sites (N-methyl/N-ethyl adjacent to an activating group) is 1. The molecule has 0 saturated carbocycles. The third-order valence-corrected chi connectivity index (χ3v) is 3.45. The molecular weight excluding hydrogens is 282 g/mol.